The maximum absolute atomic E-state index is 11.6. The molecule has 0 heterocycles. The summed E-state index contributed by atoms with van der Waals surface area (Å²) in [7, 11) is 0. The van der Waals surface area contributed by atoms with Crippen molar-refractivity contribution in [3.05, 3.63) is 11.6 Å². The fraction of sp³-hybridized carbons (Fsp3) is 0.714. The molecule has 4 heteroatoms. The number of allylic oxidation sites excluding steroid dienone is 1. The number of ether oxygens (including phenoxy) is 1. The summed E-state index contributed by atoms with van der Waals surface area (Å²) in [6, 6.07) is 0. The topological polar surface area (TPSA) is 9.23 Å². The molecule has 0 spiro atoms. The molecule has 0 saturated heterocycles. The minimum Gasteiger partial charge on any atom is -0.284 e. The lowest BCUT2D eigenvalue weighted by Gasteiger charge is -2.14. The first-order valence-corrected chi connectivity index (χ1v) is 3.24. The van der Waals surface area contributed by atoms with Crippen LogP contribution in [0.4, 0.5) is 13.2 Å². The number of alkyl halides is 3. The minimum atomic E-state index is -4.54. The van der Waals surface area contributed by atoms with Gasteiger partial charge in [-0.3, -0.25) is 4.74 Å². The van der Waals surface area contributed by atoms with Gasteiger partial charge in [-0.15, -0.1) is 13.2 Å². The lowest BCUT2D eigenvalue weighted by molar-refractivity contribution is -0.335. The van der Waals surface area contributed by atoms with Crippen molar-refractivity contribution in [2.45, 2.75) is 33.2 Å². The normalized spacial score (nSPS) is 16.7. The van der Waals surface area contributed by atoms with Crippen molar-refractivity contribution in [3.63, 3.8) is 0 Å². The largest absolute Gasteiger partial charge is 0.523 e. The summed E-state index contributed by atoms with van der Waals surface area (Å²) in [5.41, 5.74) is 0.572. The van der Waals surface area contributed by atoms with Gasteiger partial charge in [-0.05, 0) is 26.3 Å². The molecule has 1 atom stereocenters. The van der Waals surface area contributed by atoms with Crippen molar-refractivity contribution in [1.29, 1.82) is 0 Å². The van der Waals surface area contributed by atoms with Crippen molar-refractivity contribution in [1.82, 2.24) is 0 Å². The van der Waals surface area contributed by atoms with E-state index in [9.17, 15) is 13.2 Å². The predicted octanol–water partition coefficient (Wildman–Crippen LogP) is 2.88. The number of rotatable bonds is 2. The molecular weight excluding hydrogens is 157 g/mol. The van der Waals surface area contributed by atoms with Gasteiger partial charge >= 0.3 is 6.36 Å². The molecule has 0 aliphatic rings. The maximum Gasteiger partial charge on any atom is 0.523 e. The molecule has 0 aromatic rings. The van der Waals surface area contributed by atoms with E-state index in [-0.39, 0.29) is 0 Å². The second-order valence-electron chi connectivity index (χ2n) is 2.24. The number of halogens is 3. The molecule has 0 aromatic carbocycles. The van der Waals surface area contributed by atoms with E-state index in [0.717, 1.165) is 0 Å². The van der Waals surface area contributed by atoms with Crippen LogP contribution in [0.2, 0.25) is 0 Å². The predicted molar refractivity (Wildman–Crippen MR) is 36.0 cm³/mol. The van der Waals surface area contributed by atoms with E-state index < -0.39 is 12.5 Å². The van der Waals surface area contributed by atoms with Crippen molar-refractivity contribution in [2.24, 2.45) is 0 Å². The smallest absolute Gasteiger partial charge is 0.284 e. The fourth-order valence-corrected chi connectivity index (χ4v) is 0.528. The van der Waals surface area contributed by atoms with Crippen LogP contribution >= 0.6 is 0 Å². The Labute approximate surface area is 63.8 Å². The van der Waals surface area contributed by atoms with E-state index in [0.29, 0.717) is 5.57 Å². The van der Waals surface area contributed by atoms with Crippen LogP contribution in [0.15, 0.2) is 11.6 Å². The van der Waals surface area contributed by atoms with E-state index in [2.05, 4.69) is 4.74 Å². The molecule has 0 rings (SSSR count). The lowest BCUT2D eigenvalue weighted by Crippen LogP contribution is -2.22. The Hall–Kier alpha value is -0.510. The average Bonchev–Trinajstić information content (AvgIpc) is 1.82. The standard InChI is InChI=1S/C7H11F3O/c1-4-5(2)6(3)11-7(8,9)10/h4,6H,1-3H3. The second-order valence-corrected chi connectivity index (χ2v) is 2.24. The van der Waals surface area contributed by atoms with Gasteiger partial charge in [0.05, 0.1) is 6.10 Å². The van der Waals surface area contributed by atoms with E-state index in [1.807, 2.05) is 0 Å². The van der Waals surface area contributed by atoms with Gasteiger partial charge in [0.15, 0.2) is 0 Å². The van der Waals surface area contributed by atoms with Crippen molar-refractivity contribution < 1.29 is 17.9 Å². The molecule has 0 aliphatic carbocycles. The molecule has 11 heavy (non-hydrogen) atoms. The third kappa shape index (κ3) is 4.84. The van der Waals surface area contributed by atoms with Crippen LogP contribution in [0, 0.1) is 0 Å². The van der Waals surface area contributed by atoms with E-state index >= 15 is 0 Å². The number of hydrogen-bond donors (Lipinski definition) is 0. The van der Waals surface area contributed by atoms with Crippen LogP contribution < -0.4 is 0 Å². The molecule has 0 radical (unpaired) electrons. The summed E-state index contributed by atoms with van der Waals surface area (Å²) in [5.74, 6) is 0. The Kier molecular flexibility index (Phi) is 3.58. The van der Waals surface area contributed by atoms with E-state index in [4.69, 9.17) is 0 Å². The van der Waals surface area contributed by atoms with Gasteiger partial charge in [0, 0.05) is 0 Å². The van der Waals surface area contributed by atoms with Gasteiger partial charge in [0.1, 0.15) is 0 Å². The lowest BCUT2D eigenvalue weighted by atomic mass is 10.2. The monoisotopic (exact) mass is 168 g/mol. The Balaban J connectivity index is 3.98. The van der Waals surface area contributed by atoms with Gasteiger partial charge in [-0.25, -0.2) is 0 Å². The Morgan fingerprint density at radius 3 is 2.18 bits per heavy atom. The quantitative estimate of drug-likeness (QED) is 0.576. The van der Waals surface area contributed by atoms with Crippen LogP contribution in [-0.4, -0.2) is 12.5 Å². The SMILES string of the molecule is CC=C(C)C(C)OC(F)(F)F. The van der Waals surface area contributed by atoms with E-state index in [1.165, 1.54) is 6.92 Å². The first kappa shape index (κ1) is 10.5. The van der Waals surface area contributed by atoms with Crippen LogP contribution in [-0.2, 0) is 4.74 Å². The fourth-order valence-electron chi connectivity index (χ4n) is 0.528. The Bertz CT molecular complexity index is 148. The molecule has 0 fully saturated rings. The molecular formula is C7H11F3O. The summed E-state index contributed by atoms with van der Waals surface area (Å²) in [6.07, 6.45) is -3.83. The highest BCUT2D eigenvalue weighted by atomic mass is 19.4. The highest BCUT2D eigenvalue weighted by molar-refractivity contribution is 5.01. The van der Waals surface area contributed by atoms with Crippen LogP contribution in [0.1, 0.15) is 20.8 Å². The molecule has 0 aliphatic heterocycles. The summed E-state index contributed by atoms with van der Waals surface area (Å²) in [6.45, 7) is 4.63. The summed E-state index contributed by atoms with van der Waals surface area (Å²) < 4.78 is 38.4. The zero-order chi connectivity index (χ0) is 9.07. The van der Waals surface area contributed by atoms with Crippen LogP contribution in [0.25, 0.3) is 0 Å². The molecule has 0 N–H and O–H groups in total. The Morgan fingerprint density at radius 2 is 1.91 bits per heavy atom. The van der Waals surface area contributed by atoms with Crippen molar-refractivity contribution in [3.8, 4) is 0 Å². The van der Waals surface area contributed by atoms with Gasteiger partial charge in [-0.2, -0.15) is 0 Å². The summed E-state index contributed by atoms with van der Waals surface area (Å²) in [5, 5.41) is 0. The van der Waals surface area contributed by atoms with Gasteiger partial charge in [0.2, 0.25) is 0 Å². The zero-order valence-corrected chi connectivity index (χ0v) is 6.70. The van der Waals surface area contributed by atoms with Crippen molar-refractivity contribution in [2.75, 3.05) is 0 Å². The highest BCUT2D eigenvalue weighted by Gasteiger charge is 2.32. The highest BCUT2D eigenvalue weighted by Crippen LogP contribution is 2.21. The Morgan fingerprint density at radius 1 is 1.45 bits per heavy atom. The number of hydrogen-bond acceptors (Lipinski definition) is 1. The third-order valence-electron chi connectivity index (χ3n) is 1.41. The first-order chi connectivity index (χ1) is 4.87. The van der Waals surface area contributed by atoms with Gasteiger partial charge in [-0.1, -0.05) is 6.08 Å². The second kappa shape index (κ2) is 3.76. The molecule has 0 aromatic heterocycles. The first-order valence-electron chi connectivity index (χ1n) is 3.24. The summed E-state index contributed by atoms with van der Waals surface area (Å²) in [4.78, 5) is 0. The van der Waals surface area contributed by atoms with Gasteiger partial charge < -0.3 is 0 Å². The molecule has 0 saturated carbocycles. The minimum absolute atomic E-state index is 0.572. The molecule has 1 nitrogen and oxygen atoms in total. The van der Waals surface area contributed by atoms with Crippen LogP contribution in [0.3, 0.4) is 0 Å². The molecule has 0 bridgehead atoms. The average molecular weight is 168 g/mol. The zero-order valence-electron chi connectivity index (χ0n) is 6.70. The maximum atomic E-state index is 11.6. The van der Waals surface area contributed by atoms with E-state index in [1.54, 1.807) is 19.9 Å². The molecule has 66 valence electrons. The molecule has 1 unspecified atom stereocenters. The van der Waals surface area contributed by atoms with Crippen LogP contribution in [0.5, 0.6) is 0 Å². The third-order valence-corrected chi connectivity index (χ3v) is 1.41. The summed E-state index contributed by atoms with van der Waals surface area (Å²) >= 11 is 0. The van der Waals surface area contributed by atoms with Gasteiger partial charge in [0.25, 0.3) is 0 Å². The van der Waals surface area contributed by atoms with Crippen molar-refractivity contribution >= 4 is 0 Å². The molecule has 0 amide bonds.